The topological polar surface area (TPSA) is 55.1 Å². The minimum Gasteiger partial charge on any atom is -0.347 e. The van der Waals surface area contributed by atoms with Gasteiger partial charge >= 0.3 is 0 Å². The van der Waals surface area contributed by atoms with Crippen molar-refractivity contribution in [2.45, 2.75) is 31.6 Å². The molecule has 23 heavy (non-hydrogen) atoms. The van der Waals surface area contributed by atoms with Gasteiger partial charge < -0.3 is 11.1 Å². The Morgan fingerprint density at radius 1 is 1.17 bits per heavy atom. The normalized spacial score (nSPS) is 12.5. The van der Waals surface area contributed by atoms with Crippen LogP contribution in [0.4, 0.5) is 0 Å². The van der Waals surface area contributed by atoms with Crippen molar-refractivity contribution in [1.82, 2.24) is 5.32 Å². The van der Waals surface area contributed by atoms with Crippen LogP contribution in [0.1, 0.15) is 32.4 Å². The first-order chi connectivity index (χ1) is 10.4. The first-order valence-corrected chi connectivity index (χ1v) is 8.50. The lowest BCUT2D eigenvalue weighted by Gasteiger charge is -2.20. The van der Waals surface area contributed by atoms with Gasteiger partial charge in [-0.2, -0.15) is 0 Å². The van der Waals surface area contributed by atoms with E-state index < -0.39 is 0 Å². The van der Waals surface area contributed by atoms with Crippen LogP contribution >= 0.6 is 24.2 Å². The number of hydrogen-bond acceptors (Lipinski definition) is 3. The van der Waals surface area contributed by atoms with Crippen molar-refractivity contribution >= 4 is 40.8 Å². The Hall–Kier alpha value is -1.23. The number of halogens is 1. The molecule has 126 valence electrons. The first kappa shape index (κ1) is 19.8. The van der Waals surface area contributed by atoms with Gasteiger partial charge in [0.2, 0.25) is 5.91 Å². The van der Waals surface area contributed by atoms with Crippen LogP contribution in [0, 0.1) is 0 Å². The molecule has 0 aliphatic carbocycles. The Kier molecular flexibility index (Phi) is 7.39. The standard InChI is InChI=1S/C18H24N2OS.ClH/c1-18(2,3)22-12-17(21)20-16(11-19)15-9-8-13-6-4-5-7-14(13)10-15;/h4-10,16H,11-12,19H2,1-3H3,(H,20,21);1H. The molecule has 0 aromatic heterocycles. The number of amides is 1. The Morgan fingerprint density at radius 3 is 2.43 bits per heavy atom. The summed E-state index contributed by atoms with van der Waals surface area (Å²) in [6, 6.07) is 14.3. The van der Waals surface area contributed by atoms with E-state index in [1.807, 2.05) is 18.2 Å². The molecule has 3 nitrogen and oxygen atoms in total. The van der Waals surface area contributed by atoms with Gasteiger partial charge in [0, 0.05) is 11.3 Å². The third-order valence-electron chi connectivity index (χ3n) is 3.38. The molecule has 1 amide bonds. The number of benzene rings is 2. The second kappa shape index (κ2) is 8.57. The number of thioether (sulfide) groups is 1. The lowest BCUT2D eigenvalue weighted by Crippen LogP contribution is -2.35. The Morgan fingerprint density at radius 2 is 1.83 bits per heavy atom. The summed E-state index contributed by atoms with van der Waals surface area (Å²) in [5, 5.41) is 5.39. The smallest absolute Gasteiger partial charge is 0.230 e. The molecule has 0 heterocycles. The van der Waals surface area contributed by atoms with Crippen LogP contribution in [0.25, 0.3) is 10.8 Å². The van der Waals surface area contributed by atoms with E-state index in [0.29, 0.717) is 12.3 Å². The molecule has 2 rings (SSSR count). The molecule has 0 saturated carbocycles. The van der Waals surface area contributed by atoms with Gasteiger partial charge in [-0.25, -0.2) is 0 Å². The predicted octanol–water partition coefficient (Wildman–Crippen LogP) is 3.91. The number of carbonyl (C=O) groups excluding carboxylic acids is 1. The number of carbonyl (C=O) groups is 1. The first-order valence-electron chi connectivity index (χ1n) is 7.51. The van der Waals surface area contributed by atoms with E-state index in [0.717, 1.165) is 10.9 Å². The molecule has 2 aromatic carbocycles. The maximum absolute atomic E-state index is 12.1. The van der Waals surface area contributed by atoms with E-state index >= 15 is 0 Å². The second-order valence-corrected chi connectivity index (χ2v) is 8.17. The van der Waals surface area contributed by atoms with Gasteiger partial charge in [0.1, 0.15) is 0 Å². The highest BCUT2D eigenvalue weighted by molar-refractivity contribution is 8.01. The van der Waals surface area contributed by atoms with Gasteiger partial charge in [-0.05, 0) is 22.4 Å². The van der Waals surface area contributed by atoms with E-state index in [9.17, 15) is 4.79 Å². The van der Waals surface area contributed by atoms with E-state index in [2.05, 4.69) is 50.4 Å². The molecule has 0 fully saturated rings. The molecule has 0 radical (unpaired) electrons. The third-order valence-corrected chi connectivity index (χ3v) is 4.66. The van der Waals surface area contributed by atoms with Crippen LogP contribution in [0.2, 0.25) is 0 Å². The van der Waals surface area contributed by atoms with E-state index in [1.54, 1.807) is 11.8 Å². The highest BCUT2D eigenvalue weighted by Crippen LogP contribution is 2.23. The average Bonchev–Trinajstić information content (AvgIpc) is 2.49. The minimum absolute atomic E-state index is 0. The largest absolute Gasteiger partial charge is 0.347 e. The summed E-state index contributed by atoms with van der Waals surface area (Å²) in [6.45, 7) is 6.71. The molecular weight excluding hydrogens is 328 g/mol. The Bertz CT molecular complexity index is 655. The third kappa shape index (κ3) is 6.05. The van der Waals surface area contributed by atoms with Crippen molar-refractivity contribution in [3.8, 4) is 0 Å². The quantitative estimate of drug-likeness (QED) is 0.857. The van der Waals surface area contributed by atoms with Gasteiger partial charge in [0.25, 0.3) is 0 Å². The Balaban J connectivity index is 0.00000264. The lowest BCUT2D eigenvalue weighted by atomic mass is 10.0. The molecule has 3 N–H and O–H groups in total. The van der Waals surface area contributed by atoms with Crippen molar-refractivity contribution < 1.29 is 4.79 Å². The molecule has 1 atom stereocenters. The number of nitrogens with one attached hydrogen (secondary N) is 1. The zero-order valence-corrected chi connectivity index (χ0v) is 15.5. The van der Waals surface area contributed by atoms with E-state index in [4.69, 9.17) is 5.73 Å². The highest BCUT2D eigenvalue weighted by atomic mass is 35.5. The van der Waals surface area contributed by atoms with Crippen LogP contribution < -0.4 is 11.1 Å². The summed E-state index contributed by atoms with van der Waals surface area (Å²) in [7, 11) is 0. The Labute approximate surface area is 148 Å². The summed E-state index contributed by atoms with van der Waals surface area (Å²) in [5.41, 5.74) is 6.91. The molecule has 2 aromatic rings. The summed E-state index contributed by atoms with van der Waals surface area (Å²) >= 11 is 1.64. The summed E-state index contributed by atoms with van der Waals surface area (Å²) in [5.74, 6) is 0.483. The number of hydrogen-bond donors (Lipinski definition) is 2. The van der Waals surface area contributed by atoms with E-state index in [-0.39, 0.29) is 29.1 Å². The highest BCUT2D eigenvalue weighted by Gasteiger charge is 2.17. The van der Waals surface area contributed by atoms with Gasteiger partial charge in [0.15, 0.2) is 0 Å². The number of rotatable bonds is 5. The number of nitrogens with two attached hydrogens (primary N) is 1. The fraction of sp³-hybridized carbons (Fsp3) is 0.389. The van der Waals surface area contributed by atoms with Crippen molar-refractivity contribution in [1.29, 1.82) is 0 Å². The SMILES string of the molecule is CC(C)(C)SCC(=O)NC(CN)c1ccc2ccccc2c1.Cl. The maximum Gasteiger partial charge on any atom is 0.230 e. The molecule has 0 spiro atoms. The van der Waals surface area contributed by atoms with Crippen LogP contribution in [0.5, 0.6) is 0 Å². The molecule has 5 heteroatoms. The van der Waals surface area contributed by atoms with Gasteiger partial charge in [-0.15, -0.1) is 24.2 Å². The maximum atomic E-state index is 12.1. The molecule has 0 aliphatic heterocycles. The molecular formula is C18H25ClN2OS. The van der Waals surface area contributed by atoms with Crippen LogP contribution in [0.3, 0.4) is 0 Å². The zero-order chi connectivity index (χ0) is 16.2. The fourth-order valence-electron chi connectivity index (χ4n) is 2.22. The summed E-state index contributed by atoms with van der Waals surface area (Å²) in [6.07, 6.45) is 0. The van der Waals surface area contributed by atoms with Crippen molar-refractivity contribution in [2.75, 3.05) is 12.3 Å². The molecule has 0 bridgehead atoms. The van der Waals surface area contributed by atoms with Crippen molar-refractivity contribution in [2.24, 2.45) is 5.73 Å². The van der Waals surface area contributed by atoms with Gasteiger partial charge in [-0.3, -0.25) is 4.79 Å². The van der Waals surface area contributed by atoms with Crippen LogP contribution in [0.15, 0.2) is 42.5 Å². The average molecular weight is 353 g/mol. The lowest BCUT2D eigenvalue weighted by molar-refractivity contribution is -0.119. The predicted molar refractivity (Wildman–Crippen MR) is 103 cm³/mol. The van der Waals surface area contributed by atoms with Crippen molar-refractivity contribution in [3.63, 3.8) is 0 Å². The molecule has 0 aliphatic rings. The monoisotopic (exact) mass is 352 g/mol. The van der Waals surface area contributed by atoms with Gasteiger partial charge in [-0.1, -0.05) is 57.2 Å². The second-order valence-electron chi connectivity index (χ2n) is 6.36. The molecule has 0 saturated heterocycles. The van der Waals surface area contributed by atoms with Crippen LogP contribution in [-0.2, 0) is 4.79 Å². The van der Waals surface area contributed by atoms with Crippen LogP contribution in [-0.4, -0.2) is 23.0 Å². The van der Waals surface area contributed by atoms with Crippen molar-refractivity contribution in [3.05, 3.63) is 48.0 Å². The summed E-state index contributed by atoms with van der Waals surface area (Å²) < 4.78 is 0.0818. The molecule has 1 unspecified atom stereocenters. The van der Waals surface area contributed by atoms with E-state index in [1.165, 1.54) is 5.39 Å². The summed E-state index contributed by atoms with van der Waals surface area (Å²) in [4.78, 5) is 12.1. The minimum atomic E-state index is -0.141. The fourth-order valence-corrected chi connectivity index (χ4v) is 2.87. The zero-order valence-electron chi connectivity index (χ0n) is 13.8. The number of fused-ring (bicyclic) bond motifs is 1. The van der Waals surface area contributed by atoms with Gasteiger partial charge in [0.05, 0.1) is 11.8 Å².